The van der Waals surface area contributed by atoms with Crippen LogP contribution in [0.3, 0.4) is 0 Å². The van der Waals surface area contributed by atoms with Gasteiger partial charge in [-0.15, -0.1) is 0 Å². The molecule has 19 nitrogen and oxygen atoms in total. The molecule has 31 heteroatoms. The Balaban J connectivity index is 0.000000661. The van der Waals surface area contributed by atoms with Gasteiger partial charge in [-0.25, -0.2) is 35.9 Å². The van der Waals surface area contributed by atoms with E-state index in [0.717, 1.165) is 10.0 Å². The SMILES string of the molecule is C=C(Br)C(=O)O.C=C(Br)C(C)=O.C=C(C(=O)OCc1ccccc1)c1ccc(COCCOC)c(F)c1.COCCOCc1ccc(B2OC(C)(C)C(C)(C)O2)cc1F.COCCOCc1ccc(Br)cc1F.COCCOCc1ccc(C(C)C(=O)O)cc1F.O=Cc1ccc(Br)cc1F.OCc1ccc(Br)cc1F. The topological polar surface area (TPSA) is 248 Å². The highest BCUT2D eigenvalue weighted by Gasteiger charge is 2.51. The first-order valence-corrected chi connectivity index (χ1v) is 37.3. The van der Waals surface area contributed by atoms with E-state index in [1.165, 1.54) is 56.3 Å². The lowest BCUT2D eigenvalue weighted by atomic mass is 9.79. The molecule has 1 aliphatic rings. The lowest BCUT2D eigenvalue weighted by Crippen LogP contribution is -2.41. The normalized spacial score (nSPS) is 12.1. The van der Waals surface area contributed by atoms with Crippen LogP contribution in [0.4, 0.5) is 26.3 Å². The van der Waals surface area contributed by atoms with E-state index >= 15 is 0 Å². The first kappa shape index (κ1) is 102. The van der Waals surface area contributed by atoms with Crippen molar-refractivity contribution in [1.82, 2.24) is 0 Å². The quantitative estimate of drug-likeness (QED) is 0.00912. The highest BCUT2D eigenvalue weighted by Crippen LogP contribution is 2.37. The van der Waals surface area contributed by atoms with Gasteiger partial charge in [0.2, 0.25) is 0 Å². The number of ketones is 1. The number of carbonyl (C=O) groups is 5. The van der Waals surface area contributed by atoms with Crippen molar-refractivity contribution < 1.29 is 118 Å². The summed E-state index contributed by atoms with van der Waals surface area (Å²) in [7, 11) is 5.78. The van der Waals surface area contributed by atoms with Crippen LogP contribution < -0.4 is 5.46 Å². The van der Waals surface area contributed by atoms with E-state index in [1.54, 1.807) is 89.1 Å². The summed E-state index contributed by atoms with van der Waals surface area (Å²) in [5, 5.41) is 25.2. The van der Waals surface area contributed by atoms with Crippen LogP contribution in [0.2, 0.25) is 0 Å². The van der Waals surface area contributed by atoms with Crippen molar-refractivity contribution in [3.8, 4) is 0 Å². The number of hydrogen-bond acceptors (Lipinski definition) is 17. The fraction of sp³-hybridized carbons (Fsp3) is 0.338. The Kier molecular flexibility index (Phi) is 51.9. The Morgan fingerprint density at radius 1 is 0.505 bits per heavy atom. The van der Waals surface area contributed by atoms with Crippen molar-refractivity contribution in [2.24, 2.45) is 0 Å². The summed E-state index contributed by atoms with van der Waals surface area (Å²) in [6.45, 7) is 25.3. The molecule has 111 heavy (non-hydrogen) atoms. The van der Waals surface area contributed by atoms with E-state index in [9.17, 15) is 50.3 Å². The number of carbonyl (C=O) groups excluding carboxylic acids is 3. The molecular weight excluding hydrogens is 1790 g/mol. The predicted octanol–water partition coefficient (Wildman–Crippen LogP) is 17.9. The monoisotopic (exact) mass is 1880 g/mol. The second kappa shape index (κ2) is 56.4. The summed E-state index contributed by atoms with van der Waals surface area (Å²) in [5.41, 5.74) is 3.92. The van der Waals surface area contributed by atoms with Crippen LogP contribution in [0.1, 0.15) is 102 Å². The number of allylic oxidation sites excluding steroid dienone is 1. The largest absolute Gasteiger partial charge is 0.494 e. The maximum Gasteiger partial charge on any atom is 0.494 e. The highest BCUT2D eigenvalue weighted by molar-refractivity contribution is 9.12. The molecule has 0 saturated carbocycles. The van der Waals surface area contributed by atoms with Gasteiger partial charge in [-0.2, -0.15) is 0 Å². The Morgan fingerprint density at radius 2 is 0.874 bits per heavy atom. The number of ether oxygens (including phenoxy) is 9. The molecule has 1 unspecified atom stereocenters. The number of aliphatic hydroxyl groups is 1. The summed E-state index contributed by atoms with van der Waals surface area (Å²) in [5.74, 6) is -5.65. The predicted molar refractivity (Wildman–Crippen MR) is 430 cm³/mol. The molecule has 0 spiro atoms. The van der Waals surface area contributed by atoms with Crippen molar-refractivity contribution in [2.75, 3.05) is 81.3 Å². The van der Waals surface area contributed by atoms with Gasteiger partial charge in [0.05, 0.1) is 123 Å². The molecule has 1 atom stereocenters. The van der Waals surface area contributed by atoms with Crippen LogP contribution in [0.15, 0.2) is 182 Å². The summed E-state index contributed by atoms with van der Waals surface area (Å²) in [6.07, 6.45) is 0.488. The van der Waals surface area contributed by atoms with Gasteiger partial charge in [-0.1, -0.05) is 146 Å². The first-order valence-electron chi connectivity index (χ1n) is 33.4. The average molecular weight is 1880 g/mol. The molecule has 8 rings (SSSR count). The highest BCUT2D eigenvalue weighted by atomic mass is 79.9. The van der Waals surface area contributed by atoms with E-state index in [2.05, 4.69) is 99.4 Å². The van der Waals surface area contributed by atoms with E-state index in [4.69, 9.17) is 67.3 Å². The fourth-order valence-electron chi connectivity index (χ4n) is 7.86. The number of hydrogen-bond donors (Lipinski definition) is 3. The summed E-state index contributed by atoms with van der Waals surface area (Å²) in [4.78, 5) is 52.5. The third-order valence-corrected chi connectivity index (χ3v) is 17.4. The lowest BCUT2D eigenvalue weighted by molar-refractivity contribution is -0.139. The fourth-order valence-corrected chi connectivity index (χ4v) is 8.86. The van der Waals surface area contributed by atoms with Gasteiger partial charge in [-0.05, 0) is 156 Å². The third-order valence-electron chi connectivity index (χ3n) is 15.1. The van der Waals surface area contributed by atoms with Gasteiger partial charge < -0.3 is 67.3 Å². The Labute approximate surface area is 686 Å². The molecule has 7 aromatic carbocycles. The number of carboxylic acids is 2. The minimum atomic E-state index is -1.02. The maximum atomic E-state index is 14.2. The van der Waals surface area contributed by atoms with Gasteiger partial charge >= 0.3 is 25.0 Å². The number of Topliss-reactive ketones (excluding diaryl/α,β-unsaturated/α-hetero) is 1. The molecule has 0 bridgehead atoms. The van der Waals surface area contributed by atoms with Crippen LogP contribution >= 0.6 is 79.6 Å². The van der Waals surface area contributed by atoms with Crippen molar-refractivity contribution >= 4 is 128 Å². The molecule has 1 heterocycles. The number of aldehydes is 1. The minimum absolute atomic E-state index is 0.0116. The molecule has 1 saturated heterocycles. The summed E-state index contributed by atoms with van der Waals surface area (Å²) in [6, 6.07) is 36.9. The minimum Gasteiger partial charge on any atom is -0.481 e. The van der Waals surface area contributed by atoms with Gasteiger partial charge in [0.25, 0.3) is 0 Å². The van der Waals surface area contributed by atoms with Crippen molar-refractivity contribution in [3.63, 3.8) is 0 Å². The van der Waals surface area contributed by atoms with E-state index < -0.39 is 59.6 Å². The smallest absolute Gasteiger partial charge is 0.481 e. The van der Waals surface area contributed by atoms with Crippen LogP contribution in [-0.2, 0) is 111 Å². The van der Waals surface area contributed by atoms with Crippen LogP contribution in [0, 0.1) is 34.9 Å². The molecule has 0 radical (unpaired) electrons. The van der Waals surface area contributed by atoms with E-state index in [1.807, 2.05) is 64.1 Å². The number of rotatable bonds is 31. The zero-order valence-corrected chi connectivity index (χ0v) is 71.0. The molecular formula is C80H92BBr5F6O19. The van der Waals surface area contributed by atoms with Gasteiger partial charge in [0.1, 0.15) is 41.5 Å². The molecule has 0 aromatic heterocycles. The molecule has 0 aliphatic carbocycles. The second-order valence-electron chi connectivity index (χ2n) is 24.0. The maximum absolute atomic E-state index is 14.2. The molecule has 3 N–H and O–H groups in total. The first-order chi connectivity index (χ1) is 52.4. The van der Waals surface area contributed by atoms with Crippen molar-refractivity contribution in [2.45, 2.75) is 98.3 Å². The number of esters is 1. The summed E-state index contributed by atoms with van der Waals surface area (Å²) >= 11 is 14.9. The summed E-state index contributed by atoms with van der Waals surface area (Å²) < 4.78 is 140. The van der Waals surface area contributed by atoms with Crippen molar-refractivity contribution in [3.05, 3.63) is 267 Å². The molecule has 1 aliphatic heterocycles. The Bertz CT molecular complexity index is 3980. The zero-order valence-electron chi connectivity index (χ0n) is 63.1. The van der Waals surface area contributed by atoms with Gasteiger partial charge in [0, 0.05) is 69.7 Å². The number of aliphatic hydroxyl groups excluding tert-OH is 1. The molecule has 606 valence electrons. The van der Waals surface area contributed by atoms with Gasteiger partial charge in [0.15, 0.2) is 12.1 Å². The van der Waals surface area contributed by atoms with Crippen LogP contribution in [0.25, 0.3) is 5.57 Å². The van der Waals surface area contributed by atoms with E-state index in [0.29, 0.717) is 117 Å². The number of carboxylic acid groups (broad SMARTS) is 2. The van der Waals surface area contributed by atoms with E-state index in [-0.39, 0.29) is 78.5 Å². The number of halogens is 11. The van der Waals surface area contributed by atoms with Gasteiger partial charge in [-0.3, -0.25) is 14.4 Å². The standard InChI is InChI=1S/C20H21FO4.C16H24BFO4.C13H17FO4.C10H12BrFO2.C7H6BrFO.C7H4BrFO.C4H5BrO.C3H3BrO2/c1-15(20(22)25-13-16-6-4-3-5-7-16)17-8-9-18(19(21)12-17)14-24-11-10-23-2;1-15(2)16(3,4)22-17(21-15)13-7-6-12(14(18)10-13)11-20-9-8-19-5;1-9(13(15)16)10-3-4-11(12(14)7-10)8-18-6-5-17-2;1-13-4-5-14-7-8-2-3-9(11)6-10(8)12;2*8-6-2-1-5(4-10)7(9)3-6;1-3(5)4(2)6;1-2(4)3(5)6/h3-9,12H,1,10-11,13-14H2,2H3;6-7,10H,8-9,11H2,1-5H3;3-4,7,9H,5-6,8H2,1-2H3,(H,15,16);2-3,6H,4-5,7H2,1H3;1-3,10H,4H2;1-4H;1H2,2H3;1H2,(H,5,6). The zero-order chi connectivity index (χ0) is 83.8. The number of aliphatic carboxylic acids is 2. The lowest BCUT2D eigenvalue weighted by Gasteiger charge is -2.32. The number of benzene rings is 7. The van der Waals surface area contributed by atoms with Crippen LogP contribution in [0.5, 0.6) is 0 Å². The average Bonchev–Trinajstić information content (AvgIpc) is 1.62. The van der Waals surface area contributed by atoms with Crippen molar-refractivity contribution in [1.29, 1.82) is 0 Å². The Morgan fingerprint density at radius 3 is 1.23 bits per heavy atom. The second-order valence-corrected chi connectivity index (χ2v) is 28.6. The molecule has 1 fully saturated rings. The number of methoxy groups -OCH3 is 4. The third kappa shape index (κ3) is 41.6. The Hall–Kier alpha value is -6.89. The van der Waals surface area contributed by atoms with Crippen LogP contribution in [-0.4, -0.2) is 145 Å². The molecule has 0 amide bonds. The molecule has 7 aromatic rings.